The monoisotopic (exact) mass is 486 g/mol. The van der Waals surface area contributed by atoms with Gasteiger partial charge in [0.1, 0.15) is 23.8 Å². The van der Waals surface area contributed by atoms with E-state index < -0.39 is 41.7 Å². The van der Waals surface area contributed by atoms with Crippen LogP contribution in [0.3, 0.4) is 0 Å². The zero-order chi connectivity index (χ0) is 25.2. The molecule has 0 radical (unpaired) electrons. The van der Waals surface area contributed by atoms with Gasteiger partial charge in [0.2, 0.25) is 5.91 Å². The first-order valence-corrected chi connectivity index (χ1v) is 11.0. The minimum atomic E-state index is -1.45. The number of ether oxygens (including phenoxy) is 1. The van der Waals surface area contributed by atoms with Gasteiger partial charge in [0.15, 0.2) is 11.6 Å². The molecule has 0 bridgehead atoms. The van der Waals surface area contributed by atoms with E-state index in [4.69, 9.17) is 4.74 Å². The van der Waals surface area contributed by atoms with E-state index in [0.29, 0.717) is 18.6 Å². The third kappa shape index (κ3) is 4.93. The van der Waals surface area contributed by atoms with Crippen LogP contribution in [0.4, 0.5) is 13.6 Å². The molecule has 2 aromatic carbocycles. The Morgan fingerprint density at radius 3 is 2.63 bits per heavy atom. The molecule has 184 valence electrons. The average Bonchev–Trinajstić information content (AvgIpc) is 3.08. The lowest BCUT2D eigenvalue weighted by Gasteiger charge is -2.40. The largest absolute Gasteiger partial charge is 0.491 e. The SMILES string of the molecule is CN1N=C2CCN(C(=O)C(COc3ccc(F)c(F)c3)NC(=O)O)CC2(Cc2ccccc2)C1=O. The summed E-state index contributed by atoms with van der Waals surface area (Å²) in [6.07, 6.45) is -0.771. The predicted octanol–water partition coefficient (Wildman–Crippen LogP) is 2.27. The van der Waals surface area contributed by atoms with E-state index in [1.807, 2.05) is 30.3 Å². The third-order valence-electron chi connectivity index (χ3n) is 6.17. The molecule has 2 atom stereocenters. The second-order valence-corrected chi connectivity index (χ2v) is 8.52. The quantitative estimate of drug-likeness (QED) is 0.624. The molecule has 0 aliphatic carbocycles. The summed E-state index contributed by atoms with van der Waals surface area (Å²) in [5.41, 5.74) is 0.525. The molecule has 2 N–H and O–H groups in total. The number of hydrogen-bond donors (Lipinski definition) is 2. The molecule has 2 aliphatic rings. The van der Waals surface area contributed by atoms with E-state index in [2.05, 4.69) is 10.4 Å². The van der Waals surface area contributed by atoms with Crippen LogP contribution in [-0.4, -0.2) is 71.4 Å². The first-order chi connectivity index (χ1) is 16.7. The average molecular weight is 486 g/mol. The summed E-state index contributed by atoms with van der Waals surface area (Å²) >= 11 is 0. The van der Waals surface area contributed by atoms with Gasteiger partial charge in [-0.3, -0.25) is 9.59 Å². The number of hydrogen-bond acceptors (Lipinski definition) is 5. The lowest BCUT2D eigenvalue weighted by atomic mass is 9.73. The van der Waals surface area contributed by atoms with Crippen molar-refractivity contribution >= 4 is 23.6 Å². The Bertz CT molecular complexity index is 1180. The first kappa shape index (κ1) is 24.1. The summed E-state index contributed by atoms with van der Waals surface area (Å²) in [5.74, 6) is -3.09. The summed E-state index contributed by atoms with van der Waals surface area (Å²) in [6, 6.07) is 10.9. The van der Waals surface area contributed by atoms with Crippen LogP contribution in [0, 0.1) is 17.0 Å². The molecule has 1 saturated heterocycles. The van der Waals surface area contributed by atoms with Gasteiger partial charge in [-0.1, -0.05) is 30.3 Å². The molecule has 2 heterocycles. The lowest BCUT2D eigenvalue weighted by Crippen LogP contribution is -2.59. The Morgan fingerprint density at radius 1 is 1.20 bits per heavy atom. The Hall–Kier alpha value is -4.02. The van der Waals surface area contributed by atoms with Gasteiger partial charge in [-0.25, -0.2) is 18.6 Å². The molecule has 0 saturated carbocycles. The van der Waals surface area contributed by atoms with Crippen molar-refractivity contribution in [1.29, 1.82) is 0 Å². The highest BCUT2D eigenvalue weighted by Crippen LogP contribution is 2.38. The normalized spacial score (nSPS) is 20.2. The molecule has 9 nitrogen and oxygen atoms in total. The Balaban J connectivity index is 1.55. The van der Waals surface area contributed by atoms with E-state index in [1.54, 1.807) is 7.05 Å². The second-order valence-electron chi connectivity index (χ2n) is 8.52. The van der Waals surface area contributed by atoms with Crippen LogP contribution in [0.2, 0.25) is 0 Å². The van der Waals surface area contributed by atoms with Crippen molar-refractivity contribution in [3.63, 3.8) is 0 Å². The molecule has 4 rings (SSSR count). The number of carboxylic acid groups (broad SMARTS) is 1. The summed E-state index contributed by atoms with van der Waals surface area (Å²) in [6.45, 7) is -0.197. The van der Waals surface area contributed by atoms with E-state index in [-0.39, 0.29) is 24.7 Å². The van der Waals surface area contributed by atoms with Gasteiger partial charge in [-0.15, -0.1) is 0 Å². The fraction of sp³-hybridized carbons (Fsp3) is 0.333. The summed E-state index contributed by atoms with van der Waals surface area (Å²) < 4.78 is 32.1. The second kappa shape index (κ2) is 9.69. The highest BCUT2D eigenvalue weighted by atomic mass is 19.2. The van der Waals surface area contributed by atoms with E-state index >= 15 is 0 Å². The van der Waals surface area contributed by atoms with E-state index in [1.165, 1.54) is 16.0 Å². The maximum absolute atomic E-state index is 13.5. The van der Waals surface area contributed by atoms with Crippen molar-refractivity contribution in [1.82, 2.24) is 15.2 Å². The van der Waals surface area contributed by atoms with Crippen molar-refractivity contribution in [2.24, 2.45) is 10.5 Å². The van der Waals surface area contributed by atoms with Crippen LogP contribution >= 0.6 is 0 Å². The molecule has 35 heavy (non-hydrogen) atoms. The Morgan fingerprint density at radius 2 is 1.94 bits per heavy atom. The number of halogens is 2. The zero-order valence-electron chi connectivity index (χ0n) is 18.9. The Kier molecular flexibility index (Phi) is 6.68. The van der Waals surface area contributed by atoms with Crippen LogP contribution in [-0.2, 0) is 16.0 Å². The highest BCUT2D eigenvalue weighted by molar-refractivity contribution is 6.13. The fourth-order valence-corrected chi connectivity index (χ4v) is 4.51. The van der Waals surface area contributed by atoms with Gasteiger partial charge in [-0.2, -0.15) is 5.10 Å². The maximum atomic E-state index is 13.5. The number of amides is 3. The van der Waals surface area contributed by atoms with Crippen molar-refractivity contribution in [2.45, 2.75) is 18.9 Å². The molecular formula is C24H24F2N4O5. The number of piperidine rings is 1. The number of nitrogens with zero attached hydrogens (tertiary/aromatic N) is 3. The van der Waals surface area contributed by atoms with Crippen LogP contribution in [0.5, 0.6) is 5.75 Å². The van der Waals surface area contributed by atoms with Gasteiger partial charge in [0, 0.05) is 32.6 Å². The third-order valence-corrected chi connectivity index (χ3v) is 6.17. The van der Waals surface area contributed by atoms with Crippen LogP contribution in [0.1, 0.15) is 12.0 Å². The summed E-state index contributed by atoms with van der Waals surface area (Å²) in [4.78, 5) is 39.4. The molecule has 2 aromatic rings. The maximum Gasteiger partial charge on any atom is 0.405 e. The number of rotatable bonds is 7. The fourth-order valence-electron chi connectivity index (χ4n) is 4.51. The number of carbonyl (C=O) groups excluding carboxylic acids is 2. The number of hydrazone groups is 1. The van der Waals surface area contributed by atoms with Gasteiger partial charge < -0.3 is 20.1 Å². The first-order valence-electron chi connectivity index (χ1n) is 11.0. The minimum Gasteiger partial charge on any atom is -0.491 e. The number of carbonyl (C=O) groups is 3. The molecule has 11 heteroatoms. The molecule has 3 amide bonds. The lowest BCUT2D eigenvalue weighted by molar-refractivity contribution is -0.141. The summed E-state index contributed by atoms with van der Waals surface area (Å²) in [5, 5.41) is 17.1. The molecule has 1 fully saturated rings. The topological polar surface area (TPSA) is 112 Å². The number of fused-ring (bicyclic) bond motifs is 1. The van der Waals surface area contributed by atoms with Crippen molar-refractivity contribution in [3.05, 3.63) is 65.7 Å². The highest BCUT2D eigenvalue weighted by Gasteiger charge is 2.53. The summed E-state index contributed by atoms with van der Waals surface area (Å²) in [7, 11) is 1.57. The van der Waals surface area contributed by atoms with Crippen LogP contribution in [0.15, 0.2) is 53.6 Å². The molecule has 0 aromatic heterocycles. The van der Waals surface area contributed by atoms with Crippen LogP contribution < -0.4 is 10.1 Å². The van der Waals surface area contributed by atoms with Crippen molar-refractivity contribution < 1.29 is 33.0 Å². The van der Waals surface area contributed by atoms with Crippen molar-refractivity contribution in [2.75, 3.05) is 26.7 Å². The van der Waals surface area contributed by atoms with Crippen molar-refractivity contribution in [3.8, 4) is 5.75 Å². The standard InChI is InChI=1S/C24H24F2N4O5/c1-29-22(32)24(12-15-5-3-2-4-6-15)14-30(10-9-20(24)28-29)21(31)19(27-23(33)34)13-35-16-7-8-17(25)18(26)11-16/h2-8,11,19,27H,9-10,12-14H2,1H3,(H,33,34). The van der Waals surface area contributed by atoms with Gasteiger partial charge in [0.25, 0.3) is 5.91 Å². The predicted molar refractivity (Wildman–Crippen MR) is 121 cm³/mol. The number of nitrogens with one attached hydrogen (secondary N) is 1. The zero-order valence-corrected chi connectivity index (χ0v) is 18.9. The van der Waals surface area contributed by atoms with Crippen LogP contribution in [0.25, 0.3) is 0 Å². The van der Waals surface area contributed by atoms with Gasteiger partial charge >= 0.3 is 6.09 Å². The smallest absolute Gasteiger partial charge is 0.405 e. The Labute approximate surface area is 200 Å². The van der Waals surface area contributed by atoms with E-state index in [0.717, 1.165) is 17.7 Å². The molecule has 2 unspecified atom stereocenters. The molecule has 2 aliphatic heterocycles. The molecule has 0 spiro atoms. The minimum absolute atomic E-state index is 0.0196. The van der Waals surface area contributed by atoms with E-state index in [9.17, 15) is 28.3 Å². The van der Waals surface area contributed by atoms with Gasteiger partial charge in [-0.05, 0) is 24.1 Å². The van der Waals surface area contributed by atoms with Gasteiger partial charge in [0.05, 0.1) is 5.71 Å². The molecular weight excluding hydrogens is 462 g/mol. The number of benzene rings is 2. The number of likely N-dealkylation sites (tertiary alicyclic amines) is 1.